The molecule has 3 rings (SSSR count). The molecule has 0 aliphatic carbocycles. The van der Waals surface area contributed by atoms with E-state index in [1.807, 2.05) is 27.7 Å². The fourth-order valence-corrected chi connectivity index (χ4v) is 5.96. The van der Waals surface area contributed by atoms with Crippen LogP contribution in [0.3, 0.4) is 0 Å². The first-order chi connectivity index (χ1) is 21.6. The van der Waals surface area contributed by atoms with Gasteiger partial charge in [0.15, 0.2) is 5.60 Å². The number of nitrogens with zero attached hydrogens (tertiary/aromatic N) is 1. The fraction of sp³-hybridized carbons (Fsp3) is 0.633. The molecule has 1 aromatic rings. The molecular formula is C30H45N3O12P+. The molecule has 46 heavy (non-hydrogen) atoms. The molecule has 0 radical (unpaired) electrons. The molecule has 0 unspecified atom stereocenters. The number of rotatable bonds is 17. The molecule has 16 heteroatoms. The van der Waals surface area contributed by atoms with Gasteiger partial charge in [0.1, 0.15) is 30.4 Å². The Balaban J connectivity index is 1.82. The number of hydrogen-bond donors (Lipinski definition) is 4. The van der Waals surface area contributed by atoms with Crippen molar-refractivity contribution in [2.75, 3.05) is 19.8 Å². The Morgan fingerprint density at radius 3 is 2.35 bits per heavy atom. The standard InChI is InChI=1S/C30H44N3O12P/c1-19(2)12-15-41-25(35)17-22(27(37)42-16-13-20(3)4)32-46(40,45-21-9-7-6-8-10-21)43-18-23-26(36)30(5,39)28(44-23)33-14-11-24(34)31-29(33)38/h6-10,14,19-20,22-23,26,28,36,39H,11-13,15-18H2,1-5H3,(H-,31,32,34,38,40)/p+1/t22-,23+,26+,28+,30+,46+/m0/s1. The highest BCUT2D eigenvalue weighted by Gasteiger charge is 2.58. The predicted octanol–water partition coefficient (Wildman–Crippen LogP) is 2.28. The smallest absolute Gasteiger partial charge is 0.466 e. The summed E-state index contributed by atoms with van der Waals surface area (Å²) in [5, 5.41) is 26.6. The summed E-state index contributed by atoms with van der Waals surface area (Å²) in [6.07, 6.45) is -2.81. The van der Waals surface area contributed by atoms with Crippen LogP contribution in [0.15, 0.2) is 30.3 Å². The maximum atomic E-state index is 14.2. The molecule has 1 fully saturated rings. The SMILES string of the molecule is CC(C)CCOC(=O)C[C@H](N[P@@](=O)(OC[C@H]1O[C@@H]([N+]2=CCC(=O)NC2=O)[C@](C)(O)[C@@H]1O)Oc1ccccc1)C(=O)OCCC(C)C. The molecule has 0 bridgehead atoms. The molecule has 0 spiro atoms. The van der Waals surface area contributed by atoms with Gasteiger partial charge in [-0.3, -0.25) is 14.1 Å². The molecule has 1 aromatic carbocycles. The molecule has 6 atom stereocenters. The number of aliphatic hydroxyl groups excluding tert-OH is 1. The van der Waals surface area contributed by atoms with Crippen molar-refractivity contribution >= 4 is 37.8 Å². The third-order valence-electron chi connectivity index (χ3n) is 7.21. The van der Waals surface area contributed by atoms with Crippen LogP contribution in [0.2, 0.25) is 0 Å². The highest BCUT2D eigenvalue weighted by atomic mass is 31.2. The number of imide groups is 1. The van der Waals surface area contributed by atoms with Gasteiger partial charge in [0.05, 0.1) is 32.5 Å². The zero-order valence-corrected chi connectivity index (χ0v) is 27.6. The van der Waals surface area contributed by atoms with Crippen LogP contribution < -0.4 is 14.9 Å². The second kappa shape index (κ2) is 16.6. The molecule has 0 saturated carbocycles. The van der Waals surface area contributed by atoms with E-state index < -0.39 is 74.7 Å². The van der Waals surface area contributed by atoms with E-state index in [-0.39, 0.29) is 37.2 Å². The van der Waals surface area contributed by atoms with Crippen LogP contribution in [0.4, 0.5) is 4.79 Å². The summed E-state index contributed by atoms with van der Waals surface area (Å²) in [6, 6.07) is 5.51. The van der Waals surface area contributed by atoms with Crippen LogP contribution in [-0.2, 0) is 37.7 Å². The summed E-state index contributed by atoms with van der Waals surface area (Å²) in [6.45, 7) is 8.56. The predicted molar refractivity (Wildman–Crippen MR) is 163 cm³/mol. The van der Waals surface area contributed by atoms with Crippen LogP contribution in [-0.4, -0.2) is 94.8 Å². The minimum Gasteiger partial charge on any atom is -0.466 e. The number of urea groups is 1. The second-order valence-electron chi connectivity index (χ2n) is 12.2. The summed E-state index contributed by atoms with van der Waals surface area (Å²) in [4.78, 5) is 49.8. The molecule has 0 aromatic heterocycles. The van der Waals surface area contributed by atoms with Crippen LogP contribution in [0.1, 0.15) is 60.3 Å². The summed E-state index contributed by atoms with van der Waals surface area (Å²) in [5.41, 5.74) is -2.04. The maximum Gasteiger partial charge on any atom is 0.500 e. The van der Waals surface area contributed by atoms with Gasteiger partial charge in [-0.05, 0) is 43.7 Å². The van der Waals surface area contributed by atoms with Gasteiger partial charge in [-0.25, -0.2) is 9.36 Å². The van der Waals surface area contributed by atoms with Crippen LogP contribution in [0, 0.1) is 11.8 Å². The fourth-order valence-electron chi connectivity index (χ4n) is 4.46. The van der Waals surface area contributed by atoms with Gasteiger partial charge >= 0.3 is 31.6 Å². The van der Waals surface area contributed by atoms with E-state index in [9.17, 15) is 34.0 Å². The van der Waals surface area contributed by atoms with Crippen LogP contribution in [0.25, 0.3) is 0 Å². The number of carbonyl (C=O) groups excluding carboxylic acids is 4. The molecular weight excluding hydrogens is 625 g/mol. The number of hydrogen-bond acceptors (Lipinski definition) is 12. The number of aliphatic hydroxyl groups is 2. The van der Waals surface area contributed by atoms with Gasteiger partial charge < -0.3 is 28.9 Å². The quantitative estimate of drug-likeness (QED) is 0.107. The van der Waals surface area contributed by atoms with Crippen molar-refractivity contribution in [3.05, 3.63) is 30.3 Å². The Kier molecular flexibility index (Phi) is 13.4. The van der Waals surface area contributed by atoms with Gasteiger partial charge in [-0.1, -0.05) is 45.9 Å². The van der Waals surface area contributed by atoms with E-state index in [0.717, 1.165) is 4.58 Å². The number of ether oxygens (including phenoxy) is 3. The average molecular weight is 671 g/mol. The van der Waals surface area contributed by atoms with E-state index in [0.29, 0.717) is 12.8 Å². The minimum atomic E-state index is -4.57. The van der Waals surface area contributed by atoms with Crippen molar-refractivity contribution in [3.8, 4) is 5.75 Å². The number of amides is 3. The van der Waals surface area contributed by atoms with E-state index >= 15 is 0 Å². The van der Waals surface area contributed by atoms with Crippen molar-refractivity contribution in [1.82, 2.24) is 10.4 Å². The third-order valence-corrected chi connectivity index (χ3v) is 8.77. The summed E-state index contributed by atoms with van der Waals surface area (Å²) in [5.74, 6) is -1.59. The second-order valence-corrected chi connectivity index (χ2v) is 13.9. The normalized spacial score (nSPS) is 25.1. The molecule has 1 saturated heterocycles. The van der Waals surface area contributed by atoms with Crippen LogP contribution >= 0.6 is 7.75 Å². The summed E-state index contributed by atoms with van der Waals surface area (Å²) < 4.78 is 42.9. The number of nitrogens with one attached hydrogen (secondary N) is 2. The Hall–Kier alpha value is -3.20. The summed E-state index contributed by atoms with van der Waals surface area (Å²) >= 11 is 0. The highest BCUT2D eigenvalue weighted by molar-refractivity contribution is 7.52. The molecule has 2 aliphatic heterocycles. The molecule has 3 amide bonds. The first-order valence-electron chi connectivity index (χ1n) is 15.2. The summed E-state index contributed by atoms with van der Waals surface area (Å²) in [7, 11) is -4.57. The average Bonchev–Trinajstić information content (AvgIpc) is 3.19. The number of para-hydroxylation sites is 1. The molecule has 4 N–H and O–H groups in total. The lowest BCUT2D eigenvalue weighted by Crippen LogP contribution is -2.55. The van der Waals surface area contributed by atoms with E-state index in [1.54, 1.807) is 18.2 Å². The van der Waals surface area contributed by atoms with Crippen molar-refractivity contribution in [3.63, 3.8) is 0 Å². The minimum absolute atomic E-state index is 0.0487. The lowest BCUT2D eigenvalue weighted by Gasteiger charge is -2.27. The lowest BCUT2D eigenvalue weighted by molar-refractivity contribution is -0.546. The Morgan fingerprint density at radius 2 is 1.74 bits per heavy atom. The van der Waals surface area contributed by atoms with E-state index in [4.69, 9.17) is 23.3 Å². The number of carbonyl (C=O) groups is 4. The number of esters is 2. The zero-order chi connectivity index (χ0) is 34.1. The first-order valence-corrected chi connectivity index (χ1v) is 16.8. The monoisotopic (exact) mass is 670 g/mol. The number of benzene rings is 1. The topological polar surface area (TPSA) is 199 Å². The van der Waals surface area contributed by atoms with Gasteiger partial charge in [-0.15, -0.1) is 0 Å². The van der Waals surface area contributed by atoms with Gasteiger partial charge in [-0.2, -0.15) is 19.8 Å². The Bertz CT molecular complexity index is 1300. The van der Waals surface area contributed by atoms with Crippen molar-refractivity contribution in [2.45, 2.75) is 90.4 Å². The zero-order valence-electron chi connectivity index (χ0n) is 26.7. The van der Waals surface area contributed by atoms with E-state index in [1.165, 1.54) is 25.3 Å². The first kappa shape index (κ1) is 37.3. The van der Waals surface area contributed by atoms with Crippen molar-refractivity contribution < 1.29 is 61.8 Å². The molecule has 2 aliphatic rings. The maximum absolute atomic E-state index is 14.2. The molecule has 256 valence electrons. The van der Waals surface area contributed by atoms with Gasteiger partial charge in [0.25, 0.3) is 0 Å². The Morgan fingerprint density at radius 1 is 1.11 bits per heavy atom. The lowest BCUT2D eigenvalue weighted by atomic mass is 9.96. The van der Waals surface area contributed by atoms with Crippen molar-refractivity contribution in [2.24, 2.45) is 11.8 Å². The highest BCUT2D eigenvalue weighted by Crippen LogP contribution is 2.46. The molecule has 15 nitrogen and oxygen atoms in total. The van der Waals surface area contributed by atoms with Gasteiger partial charge in [0.2, 0.25) is 6.23 Å². The third kappa shape index (κ3) is 10.7. The van der Waals surface area contributed by atoms with Crippen LogP contribution in [0.5, 0.6) is 5.75 Å². The molecule has 2 heterocycles. The largest absolute Gasteiger partial charge is 0.500 e. The van der Waals surface area contributed by atoms with Gasteiger partial charge in [0, 0.05) is 0 Å². The van der Waals surface area contributed by atoms with E-state index in [2.05, 4.69) is 10.4 Å². The van der Waals surface area contributed by atoms with Crippen molar-refractivity contribution in [1.29, 1.82) is 0 Å². The Labute approximate surface area is 268 Å².